The summed E-state index contributed by atoms with van der Waals surface area (Å²) < 4.78 is 31.4. The Balaban J connectivity index is 2.52. The Kier molecular flexibility index (Phi) is 4.67. The molecule has 2 rings (SSSR count). The molecule has 0 aliphatic heterocycles. The average Bonchev–Trinajstić information content (AvgIpc) is 2.50. The van der Waals surface area contributed by atoms with Crippen LogP contribution in [-0.4, -0.2) is 17.6 Å². The molecule has 0 amide bonds. The van der Waals surface area contributed by atoms with E-state index in [4.69, 9.17) is 15.8 Å². The number of aromatic nitrogens is 2. The third-order valence-electron chi connectivity index (χ3n) is 3.29. The van der Waals surface area contributed by atoms with Crippen molar-refractivity contribution in [3.05, 3.63) is 55.8 Å². The molecule has 0 spiro atoms. The Morgan fingerprint density at radius 2 is 1.87 bits per heavy atom. The lowest BCUT2D eigenvalue weighted by molar-refractivity contribution is 0.480. The number of benzene rings is 1. The highest BCUT2D eigenvalue weighted by molar-refractivity contribution is 7.87. The van der Waals surface area contributed by atoms with Crippen LogP contribution in [0.25, 0.3) is 0 Å². The normalized spacial score (nSPS) is 11.5. The number of hydrogen-bond acceptors (Lipinski definition) is 5. The number of hydrogen-bond donors (Lipinski definition) is 0. The van der Waals surface area contributed by atoms with Crippen LogP contribution in [0, 0.1) is 0 Å². The predicted molar refractivity (Wildman–Crippen MR) is 85.6 cm³/mol. The molecule has 2 aromatic rings. The Labute approximate surface area is 137 Å². The molecule has 1 aromatic heterocycles. The standard InChI is InChI=1S/C14H15ClN2O5S/c1-4-9-7-10(5-6-11(9)15)22-23(20,21)12-8-16(2)14(19)17(3)13(12)18/h5-8H,4H2,1-3H3. The minimum atomic E-state index is -4.38. The quantitative estimate of drug-likeness (QED) is 0.763. The summed E-state index contributed by atoms with van der Waals surface area (Å²) in [6.45, 7) is 1.86. The molecule has 0 N–H and O–H groups in total. The molecule has 0 atom stereocenters. The summed E-state index contributed by atoms with van der Waals surface area (Å²) in [7, 11) is -1.84. The van der Waals surface area contributed by atoms with E-state index in [2.05, 4.69) is 0 Å². The first kappa shape index (κ1) is 17.3. The summed E-state index contributed by atoms with van der Waals surface area (Å²) in [4.78, 5) is 23.0. The van der Waals surface area contributed by atoms with Crippen LogP contribution in [0.15, 0.2) is 38.9 Å². The van der Waals surface area contributed by atoms with Gasteiger partial charge in [0.05, 0.1) is 0 Å². The second kappa shape index (κ2) is 6.21. The highest BCUT2D eigenvalue weighted by Crippen LogP contribution is 2.24. The van der Waals surface area contributed by atoms with Crippen molar-refractivity contribution in [3.8, 4) is 5.75 Å². The Morgan fingerprint density at radius 3 is 2.48 bits per heavy atom. The van der Waals surface area contributed by atoms with E-state index in [0.29, 0.717) is 21.6 Å². The summed E-state index contributed by atoms with van der Waals surface area (Å²) in [6, 6.07) is 4.40. The van der Waals surface area contributed by atoms with Crippen LogP contribution >= 0.6 is 11.6 Å². The van der Waals surface area contributed by atoms with E-state index in [1.54, 1.807) is 0 Å². The van der Waals surface area contributed by atoms with Gasteiger partial charge in [0.15, 0.2) is 4.90 Å². The minimum Gasteiger partial charge on any atom is -0.379 e. The van der Waals surface area contributed by atoms with Crippen molar-refractivity contribution in [2.24, 2.45) is 14.1 Å². The molecule has 0 unspecified atom stereocenters. The van der Waals surface area contributed by atoms with Crippen molar-refractivity contribution < 1.29 is 12.6 Å². The molecule has 1 aromatic carbocycles. The van der Waals surface area contributed by atoms with Crippen molar-refractivity contribution in [1.82, 2.24) is 9.13 Å². The van der Waals surface area contributed by atoms with E-state index in [0.717, 1.165) is 10.8 Å². The Bertz CT molecular complexity index is 976. The van der Waals surface area contributed by atoms with E-state index in [-0.39, 0.29) is 5.75 Å². The third kappa shape index (κ3) is 3.32. The van der Waals surface area contributed by atoms with Gasteiger partial charge in [0.1, 0.15) is 5.75 Å². The molecular weight excluding hydrogens is 344 g/mol. The largest absolute Gasteiger partial charge is 0.379 e. The summed E-state index contributed by atoms with van der Waals surface area (Å²) in [5.74, 6) is 0.0437. The second-order valence-electron chi connectivity index (χ2n) is 4.90. The first-order valence-electron chi connectivity index (χ1n) is 6.67. The lowest BCUT2D eigenvalue weighted by Gasteiger charge is -2.10. The molecule has 0 bridgehead atoms. The number of aryl methyl sites for hydroxylation is 2. The fraction of sp³-hybridized carbons (Fsp3) is 0.286. The van der Waals surface area contributed by atoms with Crippen LogP contribution in [0.3, 0.4) is 0 Å². The van der Waals surface area contributed by atoms with Crippen LogP contribution < -0.4 is 15.4 Å². The second-order valence-corrected chi connectivity index (χ2v) is 6.82. The fourth-order valence-corrected chi connectivity index (χ4v) is 3.33. The van der Waals surface area contributed by atoms with Crippen LogP contribution in [0.2, 0.25) is 5.02 Å². The molecule has 0 radical (unpaired) electrons. The number of nitrogens with zero attached hydrogens (tertiary/aromatic N) is 2. The molecule has 9 heteroatoms. The zero-order chi connectivity index (χ0) is 17.4. The summed E-state index contributed by atoms with van der Waals surface area (Å²) in [5, 5.41) is 0.496. The van der Waals surface area contributed by atoms with Gasteiger partial charge in [-0.1, -0.05) is 18.5 Å². The van der Waals surface area contributed by atoms with E-state index in [1.165, 1.54) is 32.3 Å². The van der Waals surface area contributed by atoms with Gasteiger partial charge in [-0.3, -0.25) is 9.36 Å². The maximum absolute atomic E-state index is 12.3. The lowest BCUT2D eigenvalue weighted by atomic mass is 10.2. The Morgan fingerprint density at radius 1 is 1.22 bits per heavy atom. The number of rotatable bonds is 4. The zero-order valence-corrected chi connectivity index (χ0v) is 14.3. The molecule has 0 saturated carbocycles. The van der Waals surface area contributed by atoms with Crippen molar-refractivity contribution in [2.45, 2.75) is 18.2 Å². The van der Waals surface area contributed by atoms with E-state index in [9.17, 15) is 18.0 Å². The van der Waals surface area contributed by atoms with Gasteiger partial charge < -0.3 is 8.75 Å². The summed E-state index contributed by atoms with van der Waals surface area (Å²) in [6.07, 6.45) is 1.54. The molecule has 1 heterocycles. The average molecular weight is 359 g/mol. The van der Waals surface area contributed by atoms with E-state index >= 15 is 0 Å². The van der Waals surface area contributed by atoms with Crippen LogP contribution in [0.4, 0.5) is 0 Å². The van der Waals surface area contributed by atoms with Gasteiger partial charge in [-0.2, -0.15) is 8.42 Å². The van der Waals surface area contributed by atoms with Crippen molar-refractivity contribution in [2.75, 3.05) is 0 Å². The maximum Gasteiger partial charge on any atom is 0.346 e. The molecule has 0 fully saturated rings. The topological polar surface area (TPSA) is 87.4 Å². The van der Waals surface area contributed by atoms with Crippen LogP contribution in [-0.2, 0) is 30.6 Å². The first-order valence-corrected chi connectivity index (χ1v) is 8.45. The van der Waals surface area contributed by atoms with Crippen LogP contribution in [0.1, 0.15) is 12.5 Å². The van der Waals surface area contributed by atoms with Gasteiger partial charge in [-0.15, -0.1) is 0 Å². The molecule has 0 saturated heterocycles. The SMILES string of the molecule is CCc1cc(OS(=O)(=O)c2cn(C)c(=O)n(C)c2=O)ccc1Cl. The van der Waals surface area contributed by atoms with Gasteiger partial charge in [-0.05, 0) is 30.2 Å². The smallest absolute Gasteiger partial charge is 0.346 e. The lowest BCUT2D eigenvalue weighted by Crippen LogP contribution is -2.39. The monoisotopic (exact) mass is 358 g/mol. The molecule has 7 nitrogen and oxygen atoms in total. The molecule has 0 aliphatic carbocycles. The van der Waals surface area contributed by atoms with Crippen molar-refractivity contribution in [3.63, 3.8) is 0 Å². The van der Waals surface area contributed by atoms with Crippen molar-refractivity contribution in [1.29, 1.82) is 0 Å². The first-order chi connectivity index (χ1) is 10.7. The molecular formula is C14H15ClN2O5S. The van der Waals surface area contributed by atoms with Crippen LogP contribution in [0.5, 0.6) is 5.75 Å². The van der Waals surface area contributed by atoms with E-state index < -0.39 is 26.3 Å². The van der Waals surface area contributed by atoms with Gasteiger partial charge in [0.25, 0.3) is 5.56 Å². The maximum atomic E-state index is 12.3. The zero-order valence-electron chi connectivity index (χ0n) is 12.7. The van der Waals surface area contributed by atoms with Gasteiger partial charge in [0.2, 0.25) is 0 Å². The highest BCUT2D eigenvalue weighted by Gasteiger charge is 2.24. The highest BCUT2D eigenvalue weighted by atomic mass is 35.5. The molecule has 124 valence electrons. The Hall–Kier alpha value is -2.06. The number of halogens is 1. The van der Waals surface area contributed by atoms with Gasteiger partial charge in [-0.25, -0.2) is 4.79 Å². The minimum absolute atomic E-state index is 0.0437. The molecule has 0 aliphatic rings. The third-order valence-corrected chi connectivity index (χ3v) is 4.89. The van der Waals surface area contributed by atoms with Crippen molar-refractivity contribution >= 4 is 21.7 Å². The summed E-state index contributed by atoms with van der Waals surface area (Å²) in [5.41, 5.74) is -0.862. The fourth-order valence-electron chi connectivity index (χ4n) is 1.99. The summed E-state index contributed by atoms with van der Waals surface area (Å²) >= 11 is 5.97. The predicted octanol–water partition coefficient (Wildman–Crippen LogP) is 1.07. The molecule has 23 heavy (non-hydrogen) atoms. The van der Waals surface area contributed by atoms with Gasteiger partial charge >= 0.3 is 15.8 Å². The van der Waals surface area contributed by atoms with E-state index in [1.807, 2.05) is 6.92 Å². The van der Waals surface area contributed by atoms with Gasteiger partial charge in [0, 0.05) is 25.3 Å².